The van der Waals surface area contributed by atoms with Gasteiger partial charge >= 0.3 is 0 Å². The highest BCUT2D eigenvalue weighted by molar-refractivity contribution is 5.79. The molecule has 0 heterocycles. The lowest BCUT2D eigenvalue weighted by atomic mass is 10.1. The number of nitrogens with one attached hydrogen (secondary N) is 1. The summed E-state index contributed by atoms with van der Waals surface area (Å²) >= 11 is 0. The lowest BCUT2D eigenvalue weighted by Gasteiger charge is -2.10. The first-order chi connectivity index (χ1) is 6.58. The number of hydrogen-bond acceptors (Lipinski definition) is 2. The van der Waals surface area contributed by atoms with Gasteiger partial charge in [0.1, 0.15) is 0 Å². The molecule has 14 heavy (non-hydrogen) atoms. The van der Waals surface area contributed by atoms with Crippen LogP contribution in [0.3, 0.4) is 0 Å². The van der Waals surface area contributed by atoms with Gasteiger partial charge in [-0.2, -0.15) is 0 Å². The van der Waals surface area contributed by atoms with Gasteiger partial charge < -0.3 is 10.6 Å². The molecular weight excluding hydrogens is 174 g/mol. The van der Waals surface area contributed by atoms with E-state index in [4.69, 9.17) is 11.1 Å². The fraction of sp³-hybridized carbons (Fsp3) is 0.364. The summed E-state index contributed by atoms with van der Waals surface area (Å²) in [5.74, 6) is 0.215. The molecule has 0 aromatic heterocycles. The molecule has 1 aromatic carbocycles. The Morgan fingerprint density at radius 1 is 1.36 bits per heavy atom. The summed E-state index contributed by atoms with van der Waals surface area (Å²) in [6.07, 6.45) is 0.543. The molecule has 76 valence electrons. The van der Waals surface area contributed by atoms with E-state index in [9.17, 15) is 0 Å². The Labute approximate surface area is 85.0 Å². The van der Waals surface area contributed by atoms with Crippen LogP contribution in [0.25, 0.3) is 0 Å². The highest BCUT2D eigenvalue weighted by Gasteiger charge is 1.98. The van der Waals surface area contributed by atoms with E-state index >= 15 is 0 Å². The van der Waals surface area contributed by atoms with Crippen molar-refractivity contribution in [1.82, 2.24) is 4.90 Å². The van der Waals surface area contributed by atoms with Crippen LogP contribution in [0.1, 0.15) is 11.1 Å². The second-order valence-corrected chi connectivity index (χ2v) is 3.76. The number of nitrogens with two attached hydrogens (primary N) is 1. The van der Waals surface area contributed by atoms with Gasteiger partial charge in [0, 0.05) is 13.0 Å². The van der Waals surface area contributed by atoms with E-state index in [2.05, 4.69) is 17.0 Å². The average Bonchev–Trinajstić information content (AvgIpc) is 2.01. The molecule has 0 spiro atoms. The summed E-state index contributed by atoms with van der Waals surface area (Å²) in [6, 6.07) is 8.20. The standard InChI is InChI=1S/C11H17N3/c1-14(2)8-10-5-3-4-9(6-10)7-11(12)13/h3-6H,7-8H2,1-2H3,(H3,12,13). The molecule has 0 bridgehead atoms. The van der Waals surface area contributed by atoms with Crippen molar-refractivity contribution in [1.29, 1.82) is 5.41 Å². The fourth-order valence-electron chi connectivity index (χ4n) is 1.42. The Hall–Kier alpha value is -1.35. The van der Waals surface area contributed by atoms with Gasteiger partial charge in [0.2, 0.25) is 0 Å². The lowest BCUT2D eigenvalue weighted by molar-refractivity contribution is 0.402. The summed E-state index contributed by atoms with van der Waals surface area (Å²) in [7, 11) is 4.08. The van der Waals surface area contributed by atoms with Crippen LogP contribution in [0.2, 0.25) is 0 Å². The van der Waals surface area contributed by atoms with Gasteiger partial charge in [-0.05, 0) is 25.2 Å². The fourth-order valence-corrected chi connectivity index (χ4v) is 1.42. The first kappa shape index (κ1) is 10.7. The number of nitrogens with zero attached hydrogens (tertiary/aromatic N) is 1. The topological polar surface area (TPSA) is 53.1 Å². The number of rotatable bonds is 4. The van der Waals surface area contributed by atoms with E-state index in [-0.39, 0.29) is 5.84 Å². The van der Waals surface area contributed by atoms with E-state index in [0.717, 1.165) is 12.1 Å². The van der Waals surface area contributed by atoms with E-state index < -0.39 is 0 Å². The summed E-state index contributed by atoms with van der Waals surface area (Å²) in [5, 5.41) is 7.21. The van der Waals surface area contributed by atoms with Crippen molar-refractivity contribution in [3.8, 4) is 0 Å². The summed E-state index contributed by atoms with van der Waals surface area (Å²) in [6.45, 7) is 0.922. The van der Waals surface area contributed by atoms with Gasteiger partial charge in [0.15, 0.2) is 0 Å². The van der Waals surface area contributed by atoms with Crippen molar-refractivity contribution < 1.29 is 0 Å². The van der Waals surface area contributed by atoms with Crippen LogP contribution in [0.4, 0.5) is 0 Å². The van der Waals surface area contributed by atoms with Crippen LogP contribution in [-0.2, 0) is 13.0 Å². The molecule has 0 unspecified atom stereocenters. The largest absolute Gasteiger partial charge is 0.387 e. The summed E-state index contributed by atoms with van der Waals surface area (Å²) < 4.78 is 0. The molecular formula is C11H17N3. The number of benzene rings is 1. The normalized spacial score (nSPS) is 10.5. The van der Waals surface area contributed by atoms with Crippen LogP contribution >= 0.6 is 0 Å². The van der Waals surface area contributed by atoms with Gasteiger partial charge in [-0.15, -0.1) is 0 Å². The molecule has 3 heteroatoms. The number of amidine groups is 1. The van der Waals surface area contributed by atoms with Crippen molar-refractivity contribution in [2.24, 2.45) is 5.73 Å². The molecule has 0 saturated carbocycles. The molecule has 0 aliphatic rings. The molecule has 0 fully saturated rings. The highest BCUT2D eigenvalue weighted by Crippen LogP contribution is 2.07. The SMILES string of the molecule is CN(C)Cc1cccc(CC(=N)N)c1. The van der Waals surface area contributed by atoms with Crippen LogP contribution in [-0.4, -0.2) is 24.8 Å². The maximum Gasteiger partial charge on any atom is 0.0950 e. The lowest BCUT2D eigenvalue weighted by Crippen LogP contribution is -2.14. The Bertz CT molecular complexity index is 318. The molecule has 0 amide bonds. The van der Waals surface area contributed by atoms with E-state index in [1.165, 1.54) is 5.56 Å². The number of hydrogen-bond donors (Lipinski definition) is 2. The van der Waals surface area contributed by atoms with Crippen LogP contribution in [0.15, 0.2) is 24.3 Å². The monoisotopic (exact) mass is 191 g/mol. The van der Waals surface area contributed by atoms with Gasteiger partial charge in [-0.1, -0.05) is 24.3 Å². The van der Waals surface area contributed by atoms with Crippen LogP contribution < -0.4 is 5.73 Å². The van der Waals surface area contributed by atoms with Crippen molar-refractivity contribution in [2.45, 2.75) is 13.0 Å². The molecule has 3 N–H and O–H groups in total. The third-order valence-corrected chi connectivity index (χ3v) is 1.88. The predicted molar refractivity (Wildman–Crippen MR) is 59.5 cm³/mol. The van der Waals surface area contributed by atoms with E-state index in [0.29, 0.717) is 6.42 Å². The second kappa shape index (κ2) is 4.77. The first-order valence-electron chi connectivity index (χ1n) is 4.63. The van der Waals surface area contributed by atoms with Gasteiger partial charge in [0.05, 0.1) is 5.84 Å². The molecule has 0 aliphatic heterocycles. The van der Waals surface area contributed by atoms with Crippen LogP contribution in [0.5, 0.6) is 0 Å². The minimum Gasteiger partial charge on any atom is -0.387 e. The van der Waals surface area contributed by atoms with Crippen molar-refractivity contribution in [3.63, 3.8) is 0 Å². The Morgan fingerprint density at radius 2 is 2.00 bits per heavy atom. The first-order valence-corrected chi connectivity index (χ1v) is 4.63. The zero-order valence-corrected chi connectivity index (χ0v) is 8.75. The average molecular weight is 191 g/mol. The van der Waals surface area contributed by atoms with Crippen molar-refractivity contribution >= 4 is 5.84 Å². The molecule has 3 nitrogen and oxygen atoms in total. The Balaban J connectivity index is 2.73. The van der Waals surface area contributed by atoms with Crippen molar-refractivity contribution in [2.75, 3.05) is 14.1 Å². The zero-order valence-electron chi connectivity index (χ0n) is 8.75. The van der Waals surface area contributed by atoms with Crippen molar-refractivity contribution in [3.05, 3.63) is 35.4 Å². The summed E-state index contributed by atoms with van der Waals surface area (Å²) in [4.78, 5) is 2.12. The highest BCUT2D eigenvalue weighted by atomic mass is 15.0. The molecule has 0 aliphatic carbocycles. The van der Waals surface area contributed by atoms with Crippen LogP contribution in [0, 0.1) is 5.41 Å². The Morgan fingerprint density at radius 3 is 2.57 bits per heavy atom. The predicted octanol–water partition coefficient (Wildman–Crippen LogP) is 1.23. The molecule has 0 atom stereocenters. The molecule has 1 rings (SSSR count). The quantitative estimate of drug-likeness (QED) is 0.555. The molecule has 0 radical (unpaired) electrons. The minimum absolute atomic E-state index is 0.215. The molecule has 1 aromatic rings. The smallest absolute Gasteiger partial charge is 0.0950 e. The van der Waals surface area contributed by atoms with Gasteiger partial charge in [0.25, 0.3) is 0 Å². The maximum atomic E-state index is 7.21. The third kappa shape index (κ3) is 3.58. The molecule has 0 saturated heterocycles. The van der Waals surface area contributed by atoms with Gasteiger partial charge in [-0.25, -0.2) is 0 Å². The van der Waals surface area contributed by atoms with Gasteiger partial charge in [-0.3, -0.25) is 5.41 Å². The minimum atomic E-state index is 0.215. The van der Waals surface area contributed by atoms with E-state index in [1.807, 2.05) is 26.2 Å². The maximum absolute atomic E-state index is 7.21. The Kier molecular flexibility index (Phi) is 3.65. The zero-order chi connectivity index (χ0) is 10.6. The van der Waals surface area contributed by atoms with E-state index in [1.54, 1.807) is 0 Å². The second-order valence-electron chi connectivity index (χ2n) is 3.76. The third-order valence-electron chi connectivity index (χ3n) is 1.88. The summed E-state index contributed by atoms with van der Waals surface area (Å²) in [5.41, 5.74) is 7.71.